The van der Waals surface area contributed by atoms with E-state index in [-0.39, 0.29) is 29.2 Å². The number of Topliss-reactive ketones (excluding diaryl/α,β-unsaturated/α-hetero) is 1. The minimum atomic E-state index is -1.07. The van der Waals surface area contributed by atoms with Crippen LogP contribution in [0.2, 0.25) is 0 Å². The number of carbonyl (C=O) groups is 2. The molecule has 0 spiro atoms. The predicted octanol–water partition coefficient (Wildman–Crippen LogP) is 3.15. The van der Waals surface area contributed by atoms with E-state index in [1.54, 1.807) is 6.92 Å². The lowest BCUT2D eigenvalue weighted by molar-refractivity contribution is -0.386. The van der Waals surface area contributed by atoms with Crippen molar-refractivity contribution in [3.8, 4) is 5.75 Å². The average molecular weight is 343 g/mol. The van der Waals surface area contributed by atoms with Crippen LogP contribution in [0, 0.1) is 24.0 Å². The summed E-state index contributed by atoms with van der Waals surface area (Å²) < 4.78 is 10.1. The molecule has 0 radical (unpaired) electrons. The maximum atomic E-state index is 12.1. The molecule has 0 saturated carbocycles. The Hall–Kier alpha value is -3.22. The quantitative estimate of drug-likeness (QED) is 0.263. The van der Waals surface area contributed by atoms with Gasteiger partial charge in [0.05, 0.1) is 12.0 Å². The number of nitro benzene ring substituents is 1. The molecule has 25 heavy (non-hydrogen) atoms. The summed E-state index contributed by atoms with van der Waals surface area (Å²) in [5, 5.41) is 11.5. The van der Waals surface area contributed by atoms with Gasteiger partial charge in [0.2, 0.25) is 5.75 Å². The predicted molar refractivity (Wildman–Crippen MR) is 89.7 cm³/mol. The Labute approximate surface area is 144 Å². The molecule has 0 aliphatic rings. The summed E-state index contributed by atoms with van der Waals surface area (Å²) in [6.07, 6.45) is 0. The Balaban J connectivity index is 2.47. The Morgan fingerprint density at radius 3 is 2.36 bits per heavy atom. The number of nitrogens with zero attached hydrogens (tertiary/aromatic N) is 1. The molecule has 0 N–H and O–H groups in total. The summed E-state index contributed by atoms with van der Waals surface area (Å²) in [4.78, 5) is 34.5. The summed E-state index contributed by atoms with van der Waals surface area (Å²) in [6.45, 7) is 3.14. The molecule has 2 rings (SSSR count). The van der Waals surface area contributed by atoms with Crippen LogP contribution in [-0.4, -0.2) is 23.8 Å². The molecule has 2 aromatic carbocycles. The highest BCUT2D eigenvalue weighted by Gasteiger charge is 2.29. The van der Waals surface area contributed by atoms with Crippen LogP contribution in [0.25, 0.3) is 0 Å². The topological polar surface area (TPSA) is 95.7 Å². The minimum absolute atomic E-state index is 0.0639. The number of rotatable bonds is 6. The molecule has 2 aromatic rings. The fourth-order valence-corrected chi connectivity index (χ4v) is 2.45. The molecular weight excluding hydrogens is 326 g/mol. The highest BCUT2D eigenvalue weighted by molar-refractivity contribution is 6.41. The van der Waals surface area contributed by atoms with Crippen LogP contribution >= 0.6 is 0 Å². The van der Waals surface area contributed by atoms with Crippen molar-refractivity contribution in [3.63, 3.8) is 0 Å². The molecule has 0 saturated heterocycles. The molecule has 0 atom stereocenters. The molecular formula is C18H17NO6. The Kier molecular flexibility index (Phi) is 5.49. The molecule has 0 heterocycles. The fourth-order valence-electron chi connectivity index (χ4n) is 2.45. The summed E-state index contributed by atoms with van der Waals surface area (Å²) in [5.41, 5.74) is 0.907. The minimum Gasteiger partial charge on any atom is -0.482 e. The van der Waals surface area contributed by atoms with Crippen molar-refractivity contribution in [1.82, 2.24) is 0 Å². The second kappa shape index (κ2) is 7.57. The van der Waals surface area contributed by atoms with Gasteiger partial charge in [-0.1, -0.05) is 30.3 Å². The number of carbonyl (C=O) groups excluding carboxylic acids is 2. The van der Waals surface area contributed by atoms with E-state index >= 15 is 0 Å². The van der Waals surface area contributed by atoms with Gasteiger partial charge in [-0.25, -0.2) is 4.79 Å². The van der Waals surface area contributed by atoms with Crippen LogP contribution < -0.4 is 4.74 Å². The molecule has 7 heteroatoms. The number of hydrogen-bond acceptors (Lipinski definition) is 6. The van der Waals surface area contributed by atoms with Crippen LogP contribution in [-0.2, 0) is 16.1 Å². The Morgan fingerprint density at radius 2 is 1.80 bits per heavy atom. The van der Waals surface area contributed by atoms with Crippen LogP contribution in [0.5, 0.6) is 5.75 Å². The van der Waals surface area contributed by atoms with Crippen molar-refractivity contribution in [1.29, 1.82) is 0 Å². The van der Waals surface area contributed by atoms with Gasteiger partial charge >= 0.3 is 11.7 Å². The Morgan fingerprint density at radius 1 is 1.16 bits per heavy atom. The number of ether oxygens (including phenoxy) is 2. The first-order chi connectivity index (χ1) is 11.9. The van der Waals surface area contributed by atoms with E-state index in [1.807, 2.05) is 30.3 Å². The van der Waals surface area contributed by atoms with Gasteiger partial charge in [0.1, 0.15) is 6.61 Å². The molecule has 130 valence electrons. The number of nitro groups is 1. The fraction of sp³-hybridized carbons (Fsp3) is 0.222. The molecule has 0 aliphatic carbocycles. The monoisotopic (exact) mass is 343 g/mol. The van der Waals surface area contributed by atoms with Crippen LogP contribution in [0.4, 0.5) is 5.69 Å². The standard InChI is InChI=1S/C18H17NO6/c1-11-9-14(16(20)18(21)24-3)12(2)15(19(22)23)17(11)25-10-13-7-5-4-6-8-13/h4-9H,10H2,1-3H3. The van der Waals surface area contributed by atoms with E-state index in [0.29, 0.717) is 5.56 Å². The Bertz CT molecular complexity index is 829. The second-order valence-corrected chi connectivity index (χ2v) is 5.40. The number of hydrogen-bond donors (Lipinski definition) is 0. The number of methoxy groups -OCH3 is 1. The summed E-state index contributed by atoms with van der Waals surface area (Å²) in [6, 6.07) is 10.6. The molecule has 0 aliphatic heterocycles. The van der Waals surface area contributed by atoms with Gasteiger partial charge in [0, 0.05) is 11.1 Å². The van der Waals surface area contributed by atoms with Gasteiger partial charge in [-0.15, -0.1) is 0 Å². The lowest BCUT2D eigenvalue weighted by atomic mass is 9.98. The summed E-state index contributed by atoms with van der Waals surface area (Å²) >= 11 is 0. The number of ketones is 1. The third kappa shape index (κ3) is 3.82. The molecule has 0 fully saturated rings. The molecule has 0 aromatic heterocycles. The van der Waals surface area contributed by atoms with E-state index in [1.165, 1.54) is 13.0 Å². The van der Waals surface area contributed by atoms with E-state index in [9.17, 15) is 19.7 Å². The lowest BCUT2D eigenvalue weighted by Gasteiger charge is -2.13. The second-order valence-electron chi connectivity index (χ2n) is 5.40. The zero-order valence-electron chi connectivity index (χ0n) is 14.1. The first kappa shape index (κ1) is 18.1. The van der Waals surface area contributed by atoms with Crippen LogP contribution in [0.1, 0.15) is 27.0 Å². The summed E-state index contributed by atoms with van der Waals surface area (Å²) in [7, 11) is 1.08. The third-order valence-electron chi connectivity index (χ3n) is 3.72. The number of esters is 1. The molecule has 7 nitrogen and oxygen atoms in total. The number of benzene rings is 2. The van der Waals surface area contributed by atoms with E-state index in [0.717, 1.165) is 12.7 Å². The van der Waals surface area contributed by atoms with Crippen molar-refractivity contribution in [3.05, 3.63) is 68.8 Å². The maximum Gasteiger partial charge on any atom is 0.379 e. The van der Waals surface area contributed by atoms with Gasteiger partial charge in [-0.2, -0.15) is 0 Å². The van der Waals surface area contributed by atoms with Crippen molar-refractivity contribution >= 4 is 17.4 Å². The first-order valence-corrected chi connectivity index (χ1v) is 7.44. The van der Waals surface area contributed by atoms with Crippen molar-refractivity contribution < 1.29 is 24.0 Å². The van der Waals surface area contributed by atoms with Gasteiger partial charge < -0.3 is 9.47 Å². The normalized spacial score (nSPS) is 10.2. The lowest BCUT2D eigenvalue weighted by Crippen LogP contribution is -2.18. The highest BCUT2D eigenvalue weighted by Crippen LogP contribution is 2.37. The SMILES string of the molecule is COC(=O)C(=O)c1cc(C)c(OCc2ccccc2)c([N+](=O)[O-])c1C. The van der Waals surface area contributed by atoms with E-state index in [2.05, 4.69) is 4.74 Å². The van der Waals surface area contributed by atoms with Gasteiger partial charge in [0.25, 0.3) is 5.78 Å². The van der Waals surface area contributed by atoms with Crippen molar-refractivity contribution in [2.24, 2.45) is 0 Å². The highest BCUT2D eigenvalue weighted by atomic mass is 16.6. The number of aryl methyl sites for hydroxylation is 1. The van der Waals surface area contributed by atoms with Gasteiger partial charge in [0.15, 0.2) is 0 Å². The zero-order valence-corrected chi connectivity index (χ0v) is 14.1. The van der Waals surface area contributed by atoms with Crippen LogP contribution in [0.3, 0.4) is 0 Å². The first-order valence-electron chi connectivity index (χ1n) is 7.44. The summed E-state index contributed by atoms with van der Waals surface area (Å²) in [5.74, 6) is -1.93. The third-order valence-corrected chi connectivity index (χ3v) is 3.72. The van der Waals surface area contributed by atoms with Crippen molar-refractivity contribution in [2.75, 3.05) is 7.11 Å². The molecule has 0 unspecified atom stereocenters. The molecule has 0 bridgehead atoms. The van der Waals surface area contributed by atoms with Crippen LogP contribution in [0.15, 0.2) is 36.4 Å². The maximum absolute atomic E-state index is 12.1. The molecule has 0 amide bonds. The van der Waals surface area contributed by atoms with E-state index in [4.69, 9.17) is 4.74 Å². The van der Waals surface area contributed by atoms with Gasteiger partial charge in [-0.05, 0) is 31.0 Å². The van der Waals surface area contributed by atoms with Gasteiger partial charge in [-0.3, -0.25) is 14.9 Å². The van der Waals surface area contributed by atoms with E-state index < -0.39 is 16.7 Å². The average Bonchev–Trinajstić information content (AvgIpc) is 2.61. The largest absolute Gasteiger partial charge is 0.482 e. The van der Waals surface area contributed by atoms with Crippen molar-refractivity contribution in [2.45, 2.75) is 20.5 Å². The smallest absolute Gasteiger partial charge is 0.379 e. The zero-order chi connectivity index (χ0) is 18.6.